The van der Waals surface area contributed by atoms with Gasteiger partial charge in [-0.25, -0.2) is 0 Å². The van der Waals surface area contributed by atoms with Crippen molar-refractivity contribution in [3.8, 4) is 11.5 Å². The van der Waals surface area contributed by atoms with Crippen LogP contribution in [0.2, 0.25) is 0 Å². The van der Waals surface area contributed by atoms with Crippen molar-refractivity contribution < 1.29 is 14.3 Å². The Hall–Kier alpha value is -2.53. The van der Waals surface area contributed by atoms with Gasteiger partial charge in [0.05, 0.1) is 5.39 Å². The maximum absolute atomic E-state index is 12.6. The number of benzene rings is 2. The molecule has 5 heteroatoms. The van der Waals surface area contributed by atoms with Crippen LogP contribution in [-0.2, 0) is 0 Å². The summed E-state index contributed by atoms with van der Waals surface area (Å²) < 4.78 is 11.6. The van der Waals surface area contributed by atoms with Crippen LogP contribution < -0.4 is 10.2 Å². The molecule has 0 aliphatic carbocycles. The number of aromatic hydroxyl groups is 1. The molecule has 0 spiro atoms. The third-order valence-electron chi connectivity index (χ3n) is 4.76. The zero-order valence-corrected chi connectivity index (χ0v) is 14.0. The van der Waals surface area contributed by atoms with Gasteiger partial charge in [0.15, 0.2) is 0 Å². The van der Waals surface area contributed by atoms with Crippen LogP contribution in [0.5, 0.6) is 11.5 Å². The predicted octanol–water partition coefficient (Wildman–Crippen LogP) is 3.52. The number of piperidine rings is 1. The first-order chi connectivity index (χ1) is 12.2. The van der Waals surface area contributed by atoms with E-state index in [2.05, 4.69) is 4.90 Å². The molecule has 2 heterocycles. The molecule has 5 nitrogen and oxygen atoms in total. The lowest BCUT2D eigenvalue weighted by Gasteiger charge is -2.26. The third kappa shape index (κ3) is 3.20. The summed E-state index contributed by atoms with van der Waals surface area (Å²) in [6, 6.07) is 10.2. The topological polar surface area (TPSA) is 62.9 Å². The number of rotatable bonds is 4. The number of phenols is 1. The lowest BCUT2D eigenvalue weighted by Crippen LogP contribution is -2.33. The van der Waals surface area contributed by atoms with Gasteiger partial charge in [0.25, 0.3) is 0 Å². The first-order valence-electron chi connectivity index (χ1n) is 8.76. The quantitative estimate of drug-likeness (QED) is 0.737. The van der Waals surface area contributed by atoms with Gasteiger partial charge >= 0.3 is 0 Å². The minimum atomic E-state index is -0.228. The Bertz CT molecular complexity index is 957. The Morgan fingerprint density at radius 3 is 2.72 bits per heavy atom. The number of fused-ring (bicyclic) bond motifs is 2. The summed E-state index contributed by atoms with van der Waals surface area (Å²) in [7, 11) is 0. The summed E-state index contributed by atoms with van der Waals surface area (Å²) in [6.07, 6.45) is 3.80. The van der Waals surface area contributed by atoms with E-state index in [-0.39, 0.29) is 16.6 Å². The molecule has 0 amide bonds. The number of likely N-dealkylation sites (tertiary alicyclic amines) is 1. The number of para-hydroxylation sites is 1. The maximum Gasteiger partial charge on any atom is 0.204 e. The SMILES string of the molecule is O=c1c2ccccc2oc2cc(OCCN3CCCCC3)cc(O)c12. The summed E-state index contributed by atoms with van der Waals surface area (Å²) in [5, 5.41) is 10.9. The van der Waals surface area contributed by atoms with E-state index >= 15 is 0 Å². The van der Waals surface area contributed by atoms with E-state index in [0.717, 1.165) is 19.6 Å². The summed E-state index contributed by atoms with van der Waals surface area (Å²) in [4.78, 5) is 15.0. The Morgan fingerprint density at radius 2 is 1.88 bits per heavy atom. The lowest BCUT2D eigenvalue weighted by atomic mass is 10.1. The molecule has 0 bridgehead atoms. The van der Waals surface area contributed by atoms with E-state index in [4.69, 9.17) is 9.15 Å². The molecule has 0 saturated carbocycles. The number of hydrogen-bond donors (Lipinski definition) is 1. The molecule has 130 valence electrons. The molecular formula is C20H21NO4. The summed E-state index contributed by atoms with van der Waals surface area (Å²) in [5.41, 5.74) is 0.621. The second-order valence-electron chi connectivity index (χ2n) is 6.49. The van der Waals surface area contributed by atoms with Gasteiger partial charge in [-0.1, -0.05) is 18.6 Å². The van der Waals surface area contributed by atoms with Crippen molar-refractivity contribution in [1.29, 1.82) is 0 Å². The van der Waals surface area contributed by atoms with Crippen LogP contribution >= 0.6 is 0 Å². The Labute approximate surface area is 145 Å². The van der Waals surface area contributed by atoms with Crippen molar-refractivity contribution in [2.45, 2.75) is 19.3 Å². The monoisotopic (exact) mass is 339 g/mol. The van der Waals surface area contributed by atoms with Crippen LogP contribution in [0.3, 0.4) is 0 Å². The van der Waals surface area contributed by atoms with Gasteiger partial charge in [-0.2, -0.15) is 0 Å². The van der Waals surface area contributed by atoms with Crippen molar-refractivity contribution in [1.82, 2.24) is 4.90 Å². The highest BCUT2D eigenvalue weighted by Gasteiger charge is 2.14. The van der Waals surface area contributed by atoms with Crippen molar-refractivity contribution >= 4 is 21.9 Å². The molecule has 1 aliphatic rings. The molecular weight excluding hydrogens is 318 g/mol. The minimum Gasteiger partial charge on any atom is -0.507 e. The molecule has 1 fully saturated rings. The van der Waals surface area contributed by atoms with Crippen LogP contribution in [0.1, 0.15) is 19.3 Å². The largest absolute Gasteiger partial charge is 0.507 e. The number of nitrogens with zero attached hydrogens (tertiary/aromatic N) is 1. The highest BCUT2D eigenvalue weighted by Crippen LogP contribution is 2.30. The third-order valence-corrected chi connectivity index (χ3v) is 4.76. The van der Waals surface area contributed by atoms with Gasteiger partial charge in [0, 0.05) is 18.7 Å². The van der Waals surface area contributed by atoms with E-state index in [1.54, 1.807) is 24.3 Å². The van der Waals surface area contributed by atoms with Gasteiger partial charge in [-0.05, 0) is 38.1 Å². The molecule has 1 aliphatic heterocycles. The molecule has 0 atom stereocenters. The first kappa shape index (κ1) is 16.0. The highest BCUT2D eigenvalue weighted by molar-refractivity contribution is 5.93. The van der Waals surface area contributed by atoms with Crippen molar-refractivity contribution in [3.63, 3.8) is 0 Å². The fourth-order valence-corrected chi connectivity index (χ4v) is 3.44. The predicted molar refractivity (Wildman–Crippen MR) is 97.4 cm³/mol. The Morgan fingerprint density at radius 1 is 1.08 bits per heavy atom. The average Bonchev–Trinajstić information content (AvgIpc) is 2.62. The van der Waals surface area contributed by atoms with Crippen LogP contribution in [0.25, 0.3) is 21.9 Å². The molecule has 1 saturated heterocycles. The fourth-order valence-electron chi connectivity index (χ4n) is 3.44. The summed E-state index contributed by atoms with van der Waals surface area (Å²) >= 11 is 0. The maximum atomic E-state index is 12.6. The van der Waals surface area contributed by atoms with Crippen LogP contribution in [-0.4, -0.2) is 36.2 Å². The molecule has 3 aromatic rings. The molecule has 2 aromatic carbocycles. The first-order valence-corrected chi connectivity index (χ1v) is 8.76. The second-order valence-corrected chi connectivity index (χ2v) is 6.49. The van der Waals surface area contributed by atoms with E-state index in [1.807, 2.05) is 6.07 Å². The summed E-state index contributed by atoms with van der Waals surface area (Å²) in [6.45, 7) is 3.64. The standard InChI is InChI=1S/C20H21NO4/c22-16-12-14(24-11-10-21-8-4-1-5-9-21)13-18-19(16)20(23)15-6-2-3-7-17(15)25-18/h2-3,6-7,12-13,22H,1,4-5,8-11H2. The van der Waals surface area contributed by atoms with Crippen molar-refractivity contribution in [2.75, 3.05) is 26.2 Å². The van der Waals surface area contributed by atoms with E-state index in [0.29, 0.717) is 28.9 Å². The zero-order chi connectivity index (χ0) is 17.2. The van der Waals surface area contributed by atoms with E-state index < -0.39 is 0 Å². The molecule has 1 aromatic heterocycles. The normalized spacial score (nSPS) is 15.7. The average molecular weight is 339 g/mol. The molecule has 25 heavy (non-hydrogen) atoms. The van der Waals surface area contributed by atoms with Crippen LogP contribution in [0.15, 0.2) is 45.6 Å². The highest BCUT2D eigenvalue weighted by atomic mass is 16.5. The Balaban J connectivity index is 1.60. The smallest absolute Gasteiger partial charge is 0.204 e. The van der Waals surface area contributed by atoms with Crippen LogP contribution in [0.4, 0.5) is 0 Å². The molecule has 0 unspecified atom stereocenters. The van der Waals surface area contributed by atoms with Gasteiger partial charge in [0.2, 0.25) is 5.43 Å². The number of ether oxygens (including phenoxy) is 1. The van der Waals surface area contributed by atoms with E-state index in [1.165, 1.54) is 25.3 Å². The van der Waals surface area contributed by atoms with Gasteiger partial charge in [-0.15, -0.1) is 0 Å². The Kier molecular flexibility index (Phi) is 4.32. The second kappa shape index (κ2) is 6.76. The van der Waals surface area contributed by atoms with Gasteiger partial charge in [0.1, 0.15) is 34.7 Å². The van der Waals surface area contributed by atoms with E-state index in [9.17, 15) is 9.90 Å². The number of phenolic OH excluding ortho intramolecular Hbond substituents is 1. The van der Waals surface area contributed by atoms with Gasteiger partial charge in [-0.3, -0.25) is 9.69 Å². The number of hydrogen-bond acceptors (Lipinski definition) is 5. The minimum absolute atomic E-state index is 0.107. The fraction of sp³-hybridized carbons (Fsp3) is 0.350. The summed E-state index contributed by atoms with van der Waals surface area (Å²) in [5.74, 6) is 0.408. The lowest BCUT2D eigenvalue weighted by molar-refractivity contribution is 0.183. The molecule has 4 rings (SSSR count). The van der Waals surface area contributed by atoms with Crippen LogP contribution in [0, 0.1) is 0 Å². The molecule has 0 radical (unpaired) electrons. The molecule has 1 N–H and O–H groups in total. The zero-order valence-electron chi connectivity index (χ0n) is 14.0. The van der Waals surface area contributed by atoms with Crippen molar-refractivity contribution in [2.24, 2.45) is 0 Å². The van der Waals surface area contributed by atoms with Crippen molar-refractivity contribution in [3.05, 3.63) is 46.6 Å². The van der Waals surface area contributed by atoms with Gasteiger partial charge < -0.3 is 14.3 Å².